The zero-order chi connectivity index (χ0) is 15.7. The quantitative estimate of drug-likeness (QED) is 0.729. The standard InChI is InChI=1S/C17H24BrNO2/c1-16(2,3)21-15(20)19-11-5-10-17(4,12-19)13-6-8-14(18)9-7-13/h6-9H,5,10-12H2,1-4H3. The number of amides is 1. The highest BCUT2D eigenvalue weighted by atomic mass is 79.9. The Morgan fingerprint density at radius 3 is 2.48 bits per heavy atom. The number of carbonyl (C=O) groups is 1. The van der Waals surface area contributed by atoms with Crippen molar-refractivity contribution in [3.8, 4) is 0 Å². The Bertz CT molecular complexity index is 507. The van der Waals surface area contributed by atoms with Gasteiger partial charge in [-0.1, -0.05) is 35.0 Å². The van der Waals surface area contributed by atoms with E-state index in [9.17, 15) is 4.79 Å². The molecule has 1 fully saturated rings. The number of ether oxygens (including phenoxy) is 1. The monoisotopic (exact) mass is 353 g/mol. The molecule has 0 aliphatic carbocycles. The van der Waals surface area contributed by atoms with E-state index in [0.717, 1.165) is 23.9 Å². The molecule has 1 unspecified atom stereocenters. The summed E-state index contributed by atoms with van der Waals surface area (Å²) < 4.78 is 6.58. The lowest BCUT2D eigenvalue weighted by atomic mass is 9.76. The lowest BCUT2D eigenvalue weighted by Gasteiger charge is -2.41. The summed E-state index contributed by atoms with van der Waals surface area (Å²) in [5.41, 5.74) is 0.831. The first-order valence-electron chi connectivity index (χ1n) is 7.44. The molecule has 1 atom stereocenters. The van der Waals surface area contributed by atoms with Crippen LogP contribution in [0.1, 0.15) is 46.1 Å². The van der Waals surface area contributed by atoms with E-state index < -0.39 is 5.60 Å². The van der Waals surface area contributed by atoms with Gasteiger partial charge in [-0.15, -0.1) is 0 Å². The second-order valence-corrected chi connectivity index (χ2v) is 7.99. The smallest absolute Gasteiger partial charge is 0.410 e. The minimum Gasteiger partial charge on any atom is -0.444 e. The van der Waals surface area contributed by atoms with E-state index in [1.807, 2.05) is 25.7 Å². The summed E-state index contributed by atoms with van der Waals surface area (Å²) in [5.74, 6) is 0. The highest BCUT2D eigenvalue weighted by Gasteiger charge is 2.36. The van der Waals surface area contributed by atoms with E-state index in [1.165, 1.54) is 5.56 Å². The molecule has 1 heterocycles. The van der Waals surface area contributed by atoms with Crippen LogP contribution in [-0.2, 0) is 10.2 Å². The minimum absolute atomic E-state index is 0.00411. The fourth-order valence-corrected chi connectivity index (χ4v) is 3.07. The number of halogens is 1. The van der Waals surface area contributed by atoms with Crippen molar-refractivity contribution in [1.82, 2.24) is 4.90 Å². The molecule has 21 heavy (non-hydrogen) atoms. The molecular weight excluding hydrogens is 330 g/mol. The summed E-state index contributed by atoms with van der Waals surface area (Å²) in [6.45, 7) is 9.44. The normalized spacial score (nSPS) is 23.0. The lowest BCUT2D eigenvalue weighted by molar-refractivity contribution is 0.0146. The summed E-state index contributed by atoms with van der Waals surface area (Å²) in [4.78, 5) is 14.1. The number of hydrogen-bond donors (Lipinski definition) is 0. The molecule has 2 rings (SSSR count). The molecule has 1 saturated heterocycles. The number of piperidine rings is 1. The van der Waals surface area contributed by atoms with Crippen molar-refractivity contribution >= 4 is 22.0 Å². The molecule has 3 nitrogen and oxygen atoms in total. The van der Waals surface area contributed by atoms with Gasteiger partial charge in [0.25, 0.3) is 0 Å². The van der Waals surface area contributed by atoms with E-state index in [1.54, 1.807) is 0 Å². The third-order valence-corrected chi connectivity index (χ3v) is 4.42. The molecule has 1 aromatic carbocycles. The Kier molecular flexibility index (Phi) is 4.66. The second kappa shape index (κ2) is 5.99. The van der Waals surface area contributed by atoms with Gasteiger partial charge < -0.3 is 9.64 Å². The van der Waals surface area contributed by atoms with E-state index in [0.29, 0.717) is 6.54 Å². The largest absolute Gasteiger partial charge is 0.444 e. The van der Waals surface area contributed by atoms with Crippen LogP contribution in [0.5, 0.6) is 0 Å². The van der Waals surface area contributed by atoms with Gasteiger partial charge in [0.15, 0.2) is 0 Å². The molecule has 0 aromatic heterocycles. The van der Waals surface area contributed by atoms with Crippen LogP contribution in [-0.4, -0.2) is 29.7 Å². The van der Waals surface area contributed by atoms with Crippen molar-refractivity contribution in [1.29, 1.82) is 0 Å². The Hall–Kier alpha value is -1.03. The van der Waals surface area contributed by atoms with E-state index in [2.05, 4.69) is 47.1 Å². The molecule has 1 aliphatic heterocycles. The lowest BCUT2D eigenvalue weighted by Crippen LogP contribution is -2.48. The molecule has 0 spiro atoms. The average Bonchev–Trinajstić information content (AvgIpc) is 2.37. The molecule has 0 N–H and O–H groups in total. The topological polar surface area (TPSA) is 29.5 Å². The predicted molar refractivity (Wildman–Crippen MR) is 88.5 cm³/mol. The highest BCUT2D eigenvalue weighted by molar-refractivity contribution is 9.10. The van der Waals surface area contributed by atoms with Crippen molar-refractivity contribution in [2.45, 2.75) is 51.6 Å². The van der Waals surface area contributed by atoms with Gasteiger partial charge >= 0.3 is 6.09 Å². The second-order valence-electron chi connectivity index (χ2n) is 7.07. The molecule has 1 aliphatic rings. The van der Waals surface area contributed by atoms with Gasteiger partial charge in [-0.05, 0) is 51.3 Å². The van der Waals surface area contributed by atoms with Gasteiger partial charge in [0.1, 0.15) is 5.60 Å². The summed E-state index contributed by atoms with van der Waals surface area (Å²) >= 11 is 3.47. The molecular formula is C17H24BrNO2. The molecule has 0 saturated carbocycles. The van der Waals surface area contributed by atoms with E-state index >= 15 is 0 Å². The number of hydrogen-bond acceptors (Lipinski definition) is 2. The highest BCUT2D eigenvalue weighted by Crippen LogP contribution is 2.34. The third kappa shape index (κ3) is 4.22. The first-order valence-corrected chi connectivity index (χ1v) is 8.23. The van der Waals surface area contributed by atoms with Crippen LogP contribution in [0.3, 0.4) is 0 Å². The molecule has 1 amide bonds. The third-order valence-electron chi connectivity index (χ3n) is 3.89. The van der Waals surface area contributed by atoms with Crippen LogP contribution in [0, 0.1) is 0 Å². The van der Waals surface area contributed by atoms with Crippen molar-refractivity contribution < 1.29 is 9.53 Å². The van der Waals surface area contributed by atoms with Gasteiger partial charge in [-0.2, -0.15) is 0 Å². The number of benzene rings is 1. The van der Waals surface area contributed by atoms with Gasteiger partial charge in [-0.3, -0.25) is 0 Å². The molecule has 116 valence electrons. The predicted octanol–water partition coefficient (Wildman–Crippen LogP) is 4.74. The summed E-state index contributed by atoms with van der Waals surface area (Å²) in [6, 6.07) is 8.41. The van der Waals surface area contributed by atoms with Gasteiger partial charge in [0, 0.05) is 23.0 Å². The Morgan fingerprint density at radius 1 is 1.29 bits per heavy atom. The van der Waals surface area contributed by atoms with Gasteiger partial charge in [0.2, 0.25) is 0 Å². The zero-order valence-corrected chi connectivity index (χ0v) is 14.9. The van der Waals surface area contributed by atoms with Crippen molar-refractivity contribution in [2.75, 3.05) is 13.1 Å². The number of rotatable bonds is 1. The fraction of sp³-hybridized carbons (Fsp3) is 0.588. The Morgan fingerprint density at radius 2 is 1.90 bits per heavy atom. The van der Waals surface area contributed by atoms with E-state index in [-0.39, 0.29) is 11.5 Å². The SMILES string of the molecule is CC(C)(C)OC(=O)N1CCCC(C)(c2ccc(Br)cc2)C1. The first-order chi connectivity index (χ1) is 9.70. The maximum atomic E-state index is 12.3. The van der Waals surface area contributed by atoms with Crippen molar-refractivity contribution in [2.24, 2.45) is 0 Å². The van der Waals surface area contributed by atoms with Crippen LogP contribution in [0.4, 0.5) is 4.79 Å². The van der Waals surface area contributed by atoms with Crippen LogP contribution in [0.15, 0.2) is 28.7 Å². The minimum atomic E-state index is -0.442. The maximum absolute atomic E-state index is 12.3. The molecule has 0 radical (unpaired) electrons. The van der Waals surface area contributed by atoms with Crippen LogP contribution >= 0.6 is 15.9 Å². The molecule has 0 bridgehead atoms. The molecule has 4 heteroatoms. The Balaban J connectivity index is 2.12. The average molecular weight is 354 g/mol. The summed E-state index contributed by atoms with van der Waals surface area (Å²) in [5, 5.41) is 0. The maximum Gasteiger partial charge on any atom is 0.410 e. The number of likely N-dealkylation sites (tertiary alicyclic amines) is 1. The molecule has 1 aromatic rings. The Labute approximate surface area is 135 Å². The number of carbonyl (C=O) groups excluding carboxylic acids is 1. The van der Waals surface area contributed by atoms with Crippen molar-refractivity contribution in [3.63, 3.8) is 0 Å². The van der Waals surface area contributed by atoms with Crippen molar-refractivity contribution in [3.05, 3.63) is 34.3 Å². The fourth-order valence-electron chi connectivity index (χ4n) is 2.81. The van der Waals surface area contributed by atoms with E-state index in [4.69, 9.17) is 4.74 Å². The van der Waals surface area contributed by atoms with Gasteiger partial charge in [-0.25, -0.2) is 4.79 Å². The van der Waals surface area contributed by atoms with Crippen LogP contribution < -0.4 is 0 Å². The summed E-state index contributed by atoms with van der Waals surface area (Å²) in [7, 11) is 0. The van der Waals surface area contributed by atoms with Gasteiger partial charge in [0.05, 0.1) is 0 Å². The summed E-state index contributed by atoms with van der Waals surface area (Å²) in [6.07, 6.45) is 1.89. The van der Waals surface area contributed by atoms with Crippen LogP contribution in [0.25, 0.3) is 0 Å². The first kappa shape index (κ1) is 16.3. The van der Waals surface area contributed by atoms with Crippen LogP contribution in [0.2, 0.25) is 0 Å². The number of nitrogens with zero attached hydrogens (tertiary/aromatic N) is 1. The zero-order valence-electron chi connectivity index (χ0n) is 13.3.